The van der Waals surface area contributed by atoms with E-state index in [1.165, 1.54) is 36.3 Å². The van der Waals surface area contributed by atoms with Gasteiger partial charge in [0.25, 0.3) is 11.7 Å². The van der Waals surface area contributed by atoms with Crippen LogP contribution in [-0.4, -0.2) is 31.0 Å². The number of ketones is 1. The van der Waals surface area contributed by atoms with Gasteiger partial charge in [-0.2, -0.15) is 0 Å². The Labute approximate surface area is 203 Å². The summed E-state index contributed by atoms with van der Waals surface area (Å²) in [5.41, 5.74) is 1.98. The van der Waals surface area contributed by atoms with Gasteiger partial charge in [-0.3, -0.25) is 14.5 Å². The fourth-order valence-electron chi connectivity index (χ4n) is 4.38. The van der Waals surface area contributed by atoms with Crippen LogP contribution in [-0.2, 0) is 9.59 Å². The molecule has 180 valence electrons. The molecular weight excluding hydrogens is 449 g/mol. The number of hydrogen-bond donors (Lipinski definition) is 1. The summed E-state index contributed by atoms with van der Waals surface area (Å²) < 4.78 is 24.6. The molecule has 1 saturated heterocycles. The third-order valence-electron chi connectivity index (χ3n) is 6.11. The lowest BCUT2D eigenvalue weighted by atomic mass is 9.92. The molecule has 6 nitrogen and oxygen atoms in total. The molecule has 1 amide bonds. The fourth-order valence-corrected chi connectivity index (χ4v) is 4.38. The number of anilines is 1. The monoisotopic (exact) mass is 475 g/mol. The molecule has 0 bridgehead atoms. The second kappa shape index (κ2) is 9.62. The molecule has 1 aliphatic heterocycles. The van der Waals surface area contributed by atoms with Gasteiger partial charge >= 0.3 is 0 Å². The van der Waals surface area contributed by atoms with E-state index >= 15 is 0 Å². The van der Waals surface area contributed by atoms with E-state index in [0.29, 0.717) is 28.3 Å². The number of hydrogen-bond acceptors (Lipinski definition) is 5. The number of rotatable bonds is 6. The lowest BCUT2D eigenvalue weighted by Crippen LogP contribution is -2.29. The molecule has 1 aliphatic rings. The van der Waals surface area contributed by atoms with Crippen LogP contribution in [0.5, 0.6) is 11.5 Å². The lowest BCUT2D eigenvalue weighted by molar-refractivity contribution is -0.132. The topological polar surface area (TPSA) is 76.1 Å². The van der Waals surface area contributed by atoms with E-state index in [2.05, 4.69) is 0 Å². The van der Waals surface area contributed by atoms with Crippen LogP contribution < -0.4 is 14.4 Å². The number of para-hydroxylation sites is 1. The van der Waals surface area contributed by atoms with E-state index in [4.69, 9.17) is 9.47 Å². The highest BCUT2D eigenvalue weighted by atomic mass is 19.1. The minimum absolute atomic E-state index is 0.0799. The lowest BCUT2D eigenvalue weighted by Gasteiger charge is -2.26. The normalized spacial score (nSPS) is 17.2. The highest BCUT2D eigenvalue weighted by Crippen LogP contribution is 2.45. The second-order valence-electron chi connectivity index (χ2n) is 8.50. The summed E-state index contributed by atoms with van der Waals surface area (Å²) in [6.45, 7) is 3.98. The number of ether oxygens (including phenoxy) is 2. The number of carbonyl (C=O) groups excluding carboxylic acids is 2. The van der Waals surface area contributed by atoms with Gasteiger partial charge in [0.15, 0.2) is 0 Å². The third kappa shape index (κ3) is 4.25. The number of aliphatic hydroxyl groups is 1. The van der Waals surface area contributed by atoms with E-state index < -0.39 is 23.5 Å². The van der Waals surface area contributed by atoms with E-state index in [-0.39, 0.29) is 17.3 Å². The Morgan fingerprint density at radius 2 is 1.60 bits per heavy atom. The van der Waals surface area contributed by atoms with Crippen LogP contribution in [0.2, 0.25) is 0 Å². The number of carbonyl (C=O) groups is 2. The molecule has 1 unspecified atom stereocenters. The summed E-state index contributed by atoms with van der Waals surface area (Å²) in [6.07, 6.45) is 0. The number of aliphatic hydroxyl groups excluding tert-OH is 1. The molecule has 3 aromatic rings. The average molecular weight is 476 g/mol. The Bertz CT molecular complexity index is 1310. The Morgan fingerprint density at radius 3 is 2.23 bits per heavy atom. The Balaban J connectivity index is 1.98. The third-order valence-corrected chi connectivity index (χ3v) is 6.11. The van der Waals surface area contributed by atoms with Crippen molar-refractivity contribution in [1.29, 1.82) is 0 Å². The molecule has 1 atom stereocenters. The second-order valence-corrected chi connectivity index (χ2v) is 8.50. The van der Waals surface area contributed by atoms with Gasteiger partial charge < -0.3 is 14.6 Å². The molecular formula is C28H26FNO5. The van der Waals surface area contributed by atoms with Gasteiger partial charge in [-0.05, 0) is 60.0 Å². The maximum Gasteiger partial charge on any atom is 0.300 e. The van der Waals surface area contributed by atoms with Gasteiger partial charge in [-0.1, -0.05) is 32.0 Å². The smallest absolute Gasteiger partial charge is 0.300 e. The van der Waals surface area contributed by atoms with Crippen LogP contribution in [0.4, 0.5) is 10.1 Å². The Kier molecular flexibility index (Phi) is 6.60. The zero-order valence-corrected chi connectivity index (χ0v) is 19.9. The number of Topliss-reactive ketones (excluding diaryl/α,β-unsaturated/α-hetero) is 1. The van der Waals surface area contributed by atoms with E-state index in [1.807, 2.05) is 13.8 Å². The van der Waals surface area contributed by atoms with Crippen LogP contribution in [0.25, 0.3) is 5.76 Å². The molecule has 4 rings (SSSR count). The number of methoxy groups -OCH3 is 2. The van der Waals surface area contributed by atoms with Crippen LogP contribution in [0.3, 0.4) is 0 Å². The average Bonchev–Trinajstić information content (AvgIpc) is 3.13. The van der Waals surface area contributed by atoms with Crippen molar-refractivity contribution in [3.8, 4) is 11.5 Å². The van der Waals surface area contributed by atoms with Crippen molar-refractivity contribution >= 4 is 23.1 Å². The van der Waals surface area contributed by atoms with Gasteiger partial charge in [-0.15, -0.1) is 0 Å². The SMILES string of the molecule is COc1ccc(/C(O)=C2\C(=O)C(=O)N(c3ccc(F)cc3)C2c2ccccc2OC)cc1C(C)C. The molecule has 0 aromatic heterocycles. The summed E-state index contributed by atoms with van der Waals surface area (Å²) >= 11 is 0. The predicted octanol–water partition coefficient (Wildman–Crippen LogP) is 5.59. The van der Waals surface area contributed by atoms with E-state index in [1.54, 1.807) is 49.6 Å². The van der Waals surface area contributed by atoms with Crippen molar-refractivity contribution in [3.05, 3.63) is 94.8 Å². The molecule has 0 radical (unpaired) electrons. The first kappa shape index (κ1) is 24.0. The first-order valence-electron chi connectivity index (χ1n) is 11.2. The predicted molar refractivity (Wildman–Crippen MR) is 131 cm³/mol. The van der Waals surface area contributed by atoms with Gasteiger partial charge in [-0.25, -0.2) is 4.39 Å². The number of benzene rings is 3. The van der Waals surface area contributed by atoms with Crippen molar-refractivity contribution in [2.24, 2.45) is 0 Å². The summed E-state index contributed by atoms with van der Waals surface area (Å²) in [5.74, 6) is -1.27. The van der Waals surface area contributed by atoms with Crippen LogP contribution in [0, 0.1) is 5.82 Å². The molecule has 1 heterocycles. The molecule has 3 aromatic carbocycles. The van der Waals surface area contributed by atoms with Gasteiger partial charge in [0.2, 0.25) is 0 Å². The van der Waals surface area contributed by atoms with E-state index in [9.17, 15) is 19.1 Å². The zero-order valence-electron chi connectivity index (χ0n) is 19.9. The quantitative estimate of drug-likeness (QED) is 0.286. The minimum Gasteiger partial charge on any atom is -0.507 e. The maximum atomic E-state index is 13.6. The van der Waals surface area contributed by atoms with Crippen molar-refractivity contribution in [2.45, 2.75) is 25.8 Å². The molecule has 0 spiro atoms. The standard InChI is InChI=1S/C28H26FNO5/c1-16(2)21-15-17(9-14-23(21)35-4)26(31)24-25(20-7-5-6-8-22(20)34-3)30(28(33)27(24)32)19-12-10-18(29)11-13-19/h5-16,25,31H,1-4H3/b26-24+. The summed E-state index contributed by atoms with van der Waals surface area (Å²) in [4.78, 5) is 27.9. The van der Waals surface area contributed by atoms with Crippen molar-refractivity contribution in [1.82, 2.24) is 0 Å². The highest BCUT2D eigenvalue weighted by molar-refractivity contribution is 6.51. The van der Waals surface area contributed by atoms with Gasteiger partial charge in [0, 0.05) is 16.8 Å². The van der Waals surface area contributed by atoms with Crippen molar-refractivity contribution < 1.29 is 28.6 Å². The van der Waals surface area contributed by atoms with Crippen LogP contribution >= 0.6 is 0 Å². The zero-order chi connectivity index (χ0) is 25.3. The van der Waals surface area contributed by atoms with Gasteiger partial charge in [0.05, 0.1) is 25.8 Å². The summed E-state index contributed by atoms with van der Waals surface area (Å²) in [5, 5.41) is 11.4. The Morgan fingerprint density at radius 1 is 0.943 bits per heavy atom. The first-order valence-corrected chi connectivity index (χ1v) is 11.2. The number of amides is 1. The molecule has 1 fully saturated rings. The van der Waals surface area contributed by atoms with Crippen molar-refractivity contribution in [3.63, 3.8) is 0 Å². The molecule has 1 N–H and O–H groups in total. The van der Waals surface area contributed by atoms with Gasteiger partial charge in [0.1, 0.15) is 23.1 Å². The largest absolute Gasteiger partial charge is 0.507 e. The summed E-state index contributed by atoms with van der Waals surface area (Å²) in [6, 6.07) is 16.4. The number of halogens is 1. The highest BCUT2D eigenvalue weighted by Gasteiger charge is 2.48. The summed E-state index contributed by atoms with van der Waals surface area (Å²) in [7, 11) is 3.05. The molecule has 35 heavy (non-hydrogen) atoms. The molecule has 0 aliphatic carbocycles. The fraction of sp³-hybridized carbons (Fsp3) is 0.214. The Hall–Kier alpha value is -4.13. The van der Waals surface area contributed by atoms with E-state index in [0.717, 1.165) is 5.56 Å². The molecule has 0 saturated carbocycles. The molecule has 7 heteroatoms. The maximum absolute atomic E-state index is 13.6. The van der Waals surface area contributed by atoms with Crippen LogP contribution in [0.1, 0.15) is 42.5 Å². The number of nitrogens with zero attached hydrogens (tertiary/aromatic N) is 1. The van der Waals surface area contributed by atoms with Crippen LogP contribution in [0.15, 0.2) is 72.3 Å². The first-order chi connectivity index (χ1) is 16.8. The van der Waals surface area contributed by atoms with Crippen molar-refractivity contribution in [2.75, 3.05) is 19.1 Å². The minimum atomic E-state index is -0.985.